The van der Waals surface area contributed by atoms with E-state index in [0.717, 1.165) is 0 Å². The molecule has 3 aromatic heterocycles. The first-order valence-corrected chi connectivity index (χ1v) is 9.14. The number of H-pyrrole nitrogens is 1. The summed E-state index contributed by atoms with van der Waals surface area (Å²) in [5.41, 5.74) is 3.11. The van der Waals surface area contributed by atoms with Gasteiger partial charge in [0, 0.05) is 12.4 Å². The molecule has 0 spiro atoms. The number of pyridine rings is 1. The zero-order valence-corrected chi connectivity index (χ0v) is 16.3. The van der Waals surface area contributed by atoms with Gasteiger partial charge in [-0.15, -0.1) is 0 Å². The molecule has 0 aliphatic carbocycles. The van der Waals surface area contributed by atoms with Crippen LogP contribution in [0.5, 0.6) is 11.6 Å². The van der Waals surface area contributed by atoms with Crippen LogP contribution in [-0.4, -0.2) is 37.2 Å². The van der Waals surface area contributed by atoms with Crippen molar-refractivity contribution in [3.05, 3.63) is 54.2 Å². The first-order chi connectivity index (χ1) is 14.0. The van der Waals surface area contributed by atoms with Crippen LogP contribution in [0.3, 0.4) is 0 Å². The van der Waals surface area contributed by atoms with E-state index in [4.69, 9.17) is 4.74 Å². The predicted molar refractivity (Wildman–Crippen MR) is 109 cm³/mol. The minimum absolute atomic E-state index is 0.0253. The van der Waals surface area contributed by atoms with Gasteiger partial charge < -0.3 is 14.8 Å². The number of aliphatic imine (C=N–C) groups is 1. The Morgan fingerprint density at radius 2 is 2.17 bits per heavy atom. The molecule has 0 aliphatic rings. The zero-order valence-electron chi connectivity index (χ0n) is 16.3. The van der Waals surface area contributed by atoms with Crippen molar-refractivity contribution >= 4 is 22.3 Å². The Bertz CT molecular complexity index is 1230. The molecule has 1 aromatic carbocycles. The van der Waals surface area contributed by atoms with Gasteiger partial charge in [-0.1, -0.05) is 6.07 Å². The number of ether oxygens (including phenoxy) is 1. The molecule has 0 fully saturated rings. The number of aromatic amines is 1. The van der Waals surface area contributed by atoms with Gasteiger partial charge >= 0.3 is 0 Å². The molecule has 7 nitrogen and oxygen atoms in total. The fourth-order valence-electron chi connectivity index (χ4n) is 3.33. The molecule has 0 saturated carbocycles. The number of hydrogen-bond donors (Lipinski definition) is 2. The Balaban J connectivity index is 1.87. The maximum Gasteiger partial charge on any atom is 0.198 e. The van der Waals surface area contributed by atoms with Gasteiger partial charge in [-0.2, -0.15) is 5.10 Å². The summed E-state index contributed by atoms with van der Waals surface area (Å²) in [4.78, 5) is 11.8. The Morgan fingerprint density at radius 3 is 2.90 bits per heavy atom. The predicted octanol–water partition coefficient (Wildman–Crippen LogP) is 4.35. The monoisotopic (exact) mass is 393 g/mol. The standard InChI is InChI=1S/C21H20FN5O2/c1-4-29-18-7-5-6-15(22)20(18)16-8-14-17(10-23-16)26-21(28)19(14)12(2)25-13-9-24-27(3)11-13/h5-11,26,28H,4H2,1-3H3. The summed E-state index contributed by atoms with van der Waals surface area (Å²) in [5, 5.41) is 15.2. The van der Waals surface area contributed by atoms with E-state index >= 15 is 0 Å². The fraction of sp³-hybridized carbons (Fsp3) is 0.190. The minimum Gasteiger partial charge on any atom is -0.494 e. The van der Waals surface area contributed by atoms with Crippen LogP contribution in [0.2, 0.25) is 0 Å². The normalized spacial score (nSPS) is 11.9. The Labute approximate surface area is 166 Å². The van der Waals surface area contributed by atoms with Gasteiger partial charge in [0.1, 0.15) is 17.3 Å². The number of aromatic hydroxyl groups is 1. The number of aromatic nitrogens is 4. The molecule has 0 aliphatic heterocycles. The van der Waals surface area contributed by atoms with E-state index in [1.807, 2.05) is 6.92 Å². The van der Waals surface area contributed by atoms with Gasteiger partial charge in [-0.05, 0) is 32.0 Å². The van der Waals surface area contributed by atoms with E-state index < -0.39 is 5.82 Å². The molecule has 0 amide bonds. The smallest absolute Gasteiger partial charge is 0.198 e. The Kier molecular flexibility index (Phi) is 4.75. The van der Waals surface area contributed by atoms with Gasteiger partial charge in [0.05, 0.1) is 53.2 Å². The summed E-state index contributed by atoms with van der Waals surface area (Å²) >= 11 is 0. The number of hydrogen-bond acceptors (Lipinski definition) is 5. The summed E-state index contributed by atoms with van der Waals surface area (Å²) in [6.45, 7) is 4.04. The van der Waals surface area contributed by atoms with Crippen molar-refractivity contribution in [2.24, 2.45) is 12.0 Å². The van der Waals surface area contributed by atoms with E-state index in [0.29, 0.717) is 45.9 Å². The zero-order chi connectivity index (χ0) is 20.5. The summed E-state index contributed by atoms with van der Waals surface area (Å²) < 4.78 is 21.8. The molecule has 3 heterocycles. The highest BCUT2D eigenvalue weighted by Crippen LogP contribution is 2.35. The molecule has 8 heteroatoms. The SMILES string of the molecule is CCOc1cccc(F)c1-c1cc2c(C(C)=Nc3cnn(C)c3)c(O)[nH]c2cn1. The van der Waals surface area contributed by atoms with Gasteiger partial charge in [-0.3, -0.25) is 9.67 Å². The van der Waals surface area contributed by atoms with E-state index in [9.17, 15) is 9.50 Å². The molecule has 0 unspecified atom stereocenters. The lowest BCUT2D eigenvalue weighted by atomic mass is 10.0. The highest BCUT2D eigenvalue weighted by atomic mass is 19.1. The van der Waals surface area contributed by atoms with Crippen LogP contribution in [0.1, 0.15) is 19.4 Å². The highest BCUT2D eigenvalue weighted by Gasteiger charge is 2.18. The molecule has 0 atom stereocenters. The van der Waals surface area contributed by atoms with Gasteiger partial charge in [0.25, 0.3) is 0 Å². The quantitative estimate of drug-likeness (QED) is 0.494. The van der Waals surface area contributed by atoms with Crippen LogP contribution in [0, 0.1) is 5.82 Å². The summed E-state index contributed by atoms with van der Waals surface area (Å²) in [7, 11) is 1.81. The molecule has 0 radical (unpaired) electrons. The van der Waals surface area contributed by atoms with Crippen LogP contribution >= 0.6 is 0 Å². The summed E-state index contributed by atoms with van der Waals surface area (Å²) in [6, 6.07) is 6.40. The topological polar surface area (TPSA) is 88.3 Å². The van der Waals surface area contributed by atoms with Crippen molar-refractivity contribution in [3.8, 4) is 22.9 Å². The average Bonchev–Trinajstić information content (AvgIpc) is 3.23. The van der Waals surface area contributed by atoms with Crippen molar-refractivity contribution in [2.75, 3.05) is 6.61 Å². The maximum atomic E-state index is 14.6. The number of nitrogens with zero attached hydrogens (tertiary/aromatic N) is 4. The third kappa shape index (κ3) is 3.44. The van der Waals surface area contributed by atoms with Crippen molar-refractivity contribution in [1.82, 2.24) is 19.7 Å². The van der Waals surface area contributed by atoms with Crippen LogP contribution in [-0.2, 0) is 7.05 Å². The lowest BCUT2D eigenvalue weighted by Gasteiger charge is -2.11. The first kappa shape index (κ1) is 18.7. The van der Waals surface area contributed by atoms with E-state index in [1.165, 1.54) is 6.07 Å². The van der Waals surface area contributed by atoms with E-state index in [-0.39, 0.29) is 11.4 Å². The second-order valence-electron chi connectivity index (χ2n) is 6.58. The number of fused-ring (bicyclic) bond motifs is 1. The van der Waals surface area contributed by atoms with E-state index in [2.05, 4.69) is 20.1 Å². The second kappa shape index (κ2) is 7.38. The molecule has 4 rings (SSSR count). The molecule has 0 bridgehead atoms. The number of aryl methyl sites for hydroxylation is 1. The molecule has 29 heavy (non-hydrogen) atoms. The van der Waals surface area contributed by atoms with Gasteiger partial charge in [0.2, 0.25) is 0 Å². The highest BCUT2D eigenvalue weighted by molar-refractivity contribution is 6.13. The van der Waals surface area contributed by atoms with Crippen molar-refractivity contribution in [1.29, 1.82) is 0 Å². The molecule has 148 valence electrons. The lowest BCUT2D eigenvalue weighted by Crippen LogP contribution is -1.98. The van der Waals surface area contributed by atoms with Crippen LogP contribution < -0.4 is 4.74 Å². The largest absolute Gasteiger partial charge is 0.494 e. The summed E-state index contributed by atoms with van der Waals surface area (Å²) in [5.74, 6) is -0.0334. The first-order valence-electron chi connectivity index (χ1n) is 9.14. The minimum atomic E-state index is -0.426. The number of rotatable bonds is 5. The van der Waals surface area contributed by atoms with Crippen LogP contribution in [0.4, 0.5) is 10.1 Å². The third-order valence-corrected chi connectivity index (χ3v) is 4.54. The van der Waals surface area contributed by atoms with Crippen molar-refractivity contribution in [3.63, 3.8) is 0 Å². The van der Waals surface area contributed by atoms with Crippen molar-refractivity contribution < 1.29 is 14.2 Å². The summed E-state index contributed by atoms with van der Waals surface area (Å²) in [6.07, 6.45) is 4.97. The molecule has 0 saturated heterocycles. The van der Waals surface area contributed by atoms with Crippen LogP contribution in [0.15, 0.2) is 47.8 Å². The Morgan fingerprint density at radius 1 is 1.34 bits per heavy atom. The van der Waals surface area contributed by atoms with Crippen molar-refractivity contribution in [2.45, 2.75) is 13.8 Å². The third-order valence-electron chi connectivity index (χ3n) is 4.54. The number of benzene rings is 1. The fourth-order valence-corrected chi connectivity index (χ4v) is 3.33. The second-order valence-corrected chi connectivity index (χ2v) is 6.58. The molecule has 4 aromatic rings. The molecule has 2 N–H and O–H groups in total. The Hall–Kier alpha value is -3.68. The number of halogens is 1. The van der Waals surface area contributed by atoms with E-state index in [1.54, 1.807) is 55.4 Å². The lowest BCUT2D eigenvalue weighted by molar-refractivity contribution is 0.340. The average molecular weight is 393 g/mol. The van der Waals surface area contributed by atoms with Gasteiger partial charge in [-0.25, -0.2) is 9.38 Å². The molecular formula is C21H20FN5O2. The molecular weight excluding hydrogens is 373 g/mol. The maximum absolute atomic E-state index is 14.6. The van der Waals surface area contributed by atoms with Gasteiger partial charge in [0.15, 0.2) is 5.88 Å². The number of nitrogens with one attached hydrogen (secondary N) is 1. The van der Waals surface area contributed by atoms with Crippen LogP contribution in [0.25, 0.3) is 22.2 Å².